The third kappa shape index (κ3) is 3.35. The molecule has 0 N–H and O–H groups in total. The highest BCUT2D eigenvalue weighted by Crippen LogP contribution is 2.24. The minimum Gasteiger partial charge on any atom is -0.371 e. The number of hydrogen-bond acceptors (Lipinski definition) is 3. The number of carbonyl (C=O) groups is 1. The molecule has 2 unspecified atom stereocenters. The van der Waals surface area contributed by atoms with E-state index < -0.39 is 0 Å². The lowest BCUT2D eigenvalue weighted by atomic mass is 10.1. The van der Waals surface area contributed by atoms with Crippen LogP contribution in [0.5, 0.6) is 0 Å². The molecule has 2 atom stereocenters. The van der Waals surface area contributed by atoms with E-state index in [-0.39, 0.29) is 23.9 Å². The second-order valence-corrected chi connectivity index (χ2v) is 5.32. The van der Waals surface area contributed by atoms with Gasteiger partial charge in [-0.1, -0.05) is 12.1 Å². The smallest absolute Gasteiger partial charge is 0.239 e. The predicted molar refractivity (Wildman–Crippen MR) is 74.8 cm³/mol. The van der Waals surface area contributed by atoms with E-state index in [9.17, 15) is 9.18 Å². The number of benzene rings is 1. The van der Waals surface area contributed by atoms with Gasteiger partial charge in [-0.25, -0.2) is 4.39 Å². The molecule has 0 saturated carbocycles. The highest BCUT2D eigenvalue weighted by atomic mass is 19.1. The first-order valence-electron chi connectivity index (χ1n) is 6.81. The Bertz CT molecular complexity index is 479. The molecular formula is C15H21FN2O2. The molecule has 0 aromatic heterocycles. The zero-order chi connectivity index (χ0) is 14.7. The van der Waals surface area contributed by atoms with Crippen LogP contribution in [0.3, 0.4) is 0 Å². The molecule has 1 aliphatic heterocycles. The molecule has 5 heteroatoms. The van der Waals surface area contributed by atoms with Crippen LogP contribution in [0.15, 0.2) is 24.3 Å². The van der Waals surface area contributed by atoms with Crippen molar-refractivity contribution in [3.05, 3.63) is 35.6 Å². The normalized spacial score (nSPS) is 21.5. The number of nitrogens with zero attached hydrogens (tertiary/aromatic N) is 2. The van der Waals surface area contributed by atoms with E-state index in [0.717, 1.165) is 5.56 Å². The minimum atomic E-state index is -0.263. The van der Waals surface area contributed by atoms with Crippen LogP contribution in [0, 0.1) is 5.82 Å². The van der Waals surface area contributed by atoms with Crippen molar-refractivity contribution >= 4 is 5.91 Å². The lowest BCUT2D eigenvalue weighted by Crippen LogP contribution is -2.50. The summed E-state index contributed by atoms with van der Waals surface area (Å²) in [5, 5.41) is 0. The van der Waals surface area contributed by atoms with E-state index in [4.69, 9.17) is 4.74 Å². The number of morpholine rings is 1. The van der Waals surface area contributed by atoms with E-state index >= 15 is 0 Å². The standard InChI is InChI=1S/C15H21FN2O2/c1-11(15(19)17(2)3)18-7-8-20-14(10-18)12-5-4-6-13(16)9-12/h4-6,9,11,14H,7-8,10H2,1-3H3. The van der Waals surface area contributed by atoms with Crippen molar-refractivity contribution in [3.8, 4) is 0 Å². The molecule has 1 aromatic rings. The fourth-order valence-electron chi connectivity index (χ4n) is 2.46. The molecule has 0 spiro atoms. The van der Waals surface area contributed by atoms with E-state index in [0.29, 0.717) is 19.7 Å². The molecule has 1 heterocycles. The Labute approximate surface area is 119 Å². The lowest BCUT2D eigenvalue weighted by Gasteiger charge is -2.37. The summed E-state index contributed by atoms with van der Waals surface area (Å²) in [6.45, 7) is 3.76. The highest BCUT2D eigenvalue weighted by molar-refractivity contribution is 5.80. The fourth-order valence-corrected chi connectivity index (χ4v) is 2.46. The Morgan fingerprint density at radius 1 is 1.50 bits per heavy atom. The second kappa shape index (κ2) is 6.33. The number of amides is 1. The molecule has 1 aromatic carbocycles. The van der Waals surface area contributed by atoms with Crippen LogP contribution >= 0.6 is 0 Å². The number of halogens is 1. The maximum Gasteiger partial charge on any atom is 0.239 e. The maximum absolute atomic E-state index is 13.3. The van der Waals surface area contributed by atoms with Crippen molar-refractivity contribution in [2.45, 2.75) is 19.1 Å². The summed E-state index contributed by atoms with van der Waals surface area (Å²) < 4.78 is 19.0. The first-order valence-corrected chi connectivity index (χ1v) is 6.81. The van der Waals surface area contributed by atoms with Crippen LogP contribution < -0.4 is 0 Å². The van der Waals surface area contributed by atoms with Gasteiger partial charge in [0.25, 0.3) is 0 Å². The van der Waals surface area contributed by atoms with Gasteiger partial charge < -0.3 is 9.64 Å². The molecule has 2 rings (SSSR count). The van der Waals surface area contributed by atoms with Gasteiger partial charge in [0, 0.05) is 27.2 Å². The summed E-state index contributed by atoms with van der Waals surface area (Å²) in [5.41, 5.74) is 0.819. The van der Waals surface area contributed by atoms with Crippen molar-refractivity contribution in [3.63, 3.8) is 0 Å². The number of rotatable bonds is 3. The molecule has 110 valence electrons. The third-order valence-corrected chi connectivity index (χ3v) is 3.66. The first-order chi connectivity index (χ1) is 9.49. The van der Waals surface area contributed by atoms with Crippen LogP contribution in [0.2, 0.25) is 0 Å². The largest absolute Gasteiger partial charge is 0.371 e. The topological polar surface area (TPSA) is 32.8 Å². The Morgan fingerprint density at radius 2 is 2.25 bits per heavy atom. The van der Waals surface area contributed by atoms with Crippen molar-refractivity contribution in [2.24, 2.45) is 0 Å². The van der Waals surface area contributed by atoms with E-state index in [1.54, 1.807) is 25.1 Å². The van der Waals surface area contributed by atoms with Crippen molar-refractivity contribution < 1.29 is 13.9 Å². The van der Waals surface area contributed by atoms with Crippen LogP contribution in [-0.2, 0) is 9.53 Å². The fraction of sp³-hybridized carbons (Fsp3) is 0.533. The van der Waals surface area contributed by atoms with E-state index in [2.05, 4.69) is 4.90 Å². The summed E-state index contributed by atoms with van der Waals surface area (Å²) in [4.78, 5) is 15.7. The molecule has 1 saturated heterocycles. The Morgan fingerprint density at radius 3 is 2.90 bits per heavy atom. The molecule has 20 heavy (non-hydrogen) atoms. The Hall–Kier alpha value is -1.46. The van der Waals surface area contributed by atoms with Gasteiger partial charge >= 0.3 is 0 Å². The molecule has 0 radical (unpaired) electrons. The average Bonchev–Trinajstić information content (AvgIpc) is 2.45. The zero-order valence-corrected chi connectivity index (χ0v) is 12.2. The molecule has 0 bridgehead atoms. The minimum absolute atomic E-state index is 0.0740. The van der Waals surface area contributed by atoms with Gasteiger partial charge in [-0.3, -0.25) is 9.69 Å². The van der Waals surface area contributed by atoms with Crippen LogP contribution in [-0.4, -0.2) is 55.5 Å². The van der Waals surface area contributed by atoms with Crippen LogP contribution in [0.25, 0.3) is 0 Å². The zero-order valence-electron chi connectivity index (χ0n) is 12.2. The van der Waals surface area contributed by atoms with Crippen LogP contribution in [0.1, 0.15) is 18.6 Å². The SMILES string of the molecule is CC(C(=O)N(C)C)N1CCOC(c2cccc(F)c2)C1. The molecule has 0 aliphatic carbocycles. The summed E-state index contributed by atoms with van der Waals surface area (Å²) in [7, 11) is 3.51. The van der Waals surface area contributed by atoms with Gasteiger partial charge in [0.15, 0.2) is 0 Å². The van der Waals surface area contributed by atoms with Gasteiger partial charge in [-0.05, 0) is 24.6 Å². The average molecular weight is 280 g/mol. The lowest BCUT2D eigenvalue weighted by molar-refractivity contribution is -0.137. The molecule has 4 nitrogen and oxygen atoms in total. The summed E-state index contributed by atoms with van der Waals surface area (Å²) in [5.74, 6) is -0.189. The summed E-state index contributed by atoms with van der Waals surface area (Å²) in [6, 6.07) is 6.26. The van der Waals surface area contributed by atoms with Crippen molar-refractivity contribution in [1.29, 1.82) is 0 Å². The highest BCUT2D eigenvalue weighted by Gasteiger charge is 2.29. The van der Waals surface area contributed by atoms with Gasteiger partial charge in [-0.15, -0.1) is 0 Å². The molecule has 1 aliphatic rings. The number of likely N-dealkylation sites (N-methyl/N-ethyl adjacent to an activating group) is 1. The predicted octanol–water partition coefficient (Wildman–Crippen LogP) is 1.68. The number of hydrogen-bond donors (Lipinski definition) is 0. The molecule has 1 fully saturated rings. The van der Waals surface area contributed by atoms with Crippen molar-refractivity contribution in [2.75, 3.05) is 33.8 Å². The molecule has 1 amide bonds. The quantitative estimate of drug-likeness (QED) is 0.844. The summed E-state index contributed by atoms with van der Waals surface area (Å²) in [6.07, 6.45) is -0.183. The van der Waals surface area contributed by atoms with E-state index in [1.165, 1.54) is 12.1 Å². The monoisotopic (exact) mass is 280 g/mol. The van der Waals surface area contributed by atoms with Crippen LogP contribution in [0.4, 0.5) is 4.39 Å². The third-order valence-electron chi connectivity index (χ3n) is 3.66. The number of carbonyl (C=O) groups excluding carboxylic acids is 1. The number of ether oxygens (including phenoxy) is 1. The van der Waals surface area contributed by atoms with Crippen molar-refractivity contribution in [1.82, 2.24) is 9.80 Å². The Kier molecular flexibility index (Phi) is 4.73. The second-order valence-electron chi connectivity index (χ2n) is 5.32. The molecular weight excluding hydrogens is 259 g/mol. The van der Waals surface area contributed by atoms with Gasteiger partial charge in [0.1, 0.15) is 5.82 Å². The maximum atomic E-state index is 13.3. The van der Waals surface area contributed by atoms with Gasteiger partial charge in [-0.2, -0.15) is 0 Å². The summed E-state index contributed by atoms with van der Waals surface area (Å²) >= 11 is 0. The first kappa shape index (κ1) is 14.9. The van der Waals surface area contributed by atoms with Gasteiger partial charge in [0.05, 0.1) is 18.8 Å². The van der Waals surface area contributed by atoms with Gasteiger partial charge in [0.2, 0.25) is 5.91 Å². The Balaban J connectivity index is 2.07. The van der Waals surface area contributed by atoms with E-state index in [1.807, 2.05) is 13.0 Å².